The van der Waals surface area contributed by atoms with Crippen LogP contribution < -0.4 is 10.2 Å². The Kier molecular flexibility index (Phi) is 4.65. The first-order valence-corrected chi connectivity index (χ1v) is 6.85. The number of rotatable bonds is 4. The largest absolute Gasteiger partial charge is 0.497 e. The van der Waals surface area contributed by atoms with Crippen LogP contribution in [0, 0.1) is 12.7 Å². The minimum Gasteiger partial charge on any atom is -0.497 e. The summed E-state index contributed by atoms with van der Waals surface area (Å²) in [6.07, 6.45) is -3.87. The van der Waals surface area contributed by atoms with Crippen LogP contribution in [0.25, 0.3) is 0 Å². The number of hydrogen-bond acceptors (Lipinski definition) is 5. The third kappa shape index (κ3) is 3.73. The predicted octanol–water partition coefficient (Wildman–Crippen LogP) is 4.06. The second-order valence-corrected chi connectivity index (χ2v) is 5.10. The number of aromatic nitrogens is 1. The number of ether oxygens (including phenoxy) is 1. The lowest BCUT2D eigenvalue weighted by Gasteiger charge is -2.11. The SMILES string of the molecule is COc1cc(C=NNc2nc(C)cs2)c(F)c(C(F)(F)F)c1. The van der Waals surface area contributed by atoms with Gasteiger partial charge in [-0.15, -0.1) is 11.3 Å². The van der Waals surface area contributed by atoms with Gasteiger partial charge in [-0.05, 0) is 19.1 Å². The molecule has 4 nitrogen and oxygen atoms in total. The van der Waals surface area contributed by atoms with Crippen molar-refractivity contribution < 1.29 is 22.3 Å². The standard InChI is InChI=1S/C13H11F4N3OS/c1-7-6-22-12(19-7)20-18-5-8-3-9(21-2)4-10(11(8)14)13(15,16)17/h3-6H,1-2H3,(H,19,20). The van der Waals surface area contributed by atoms with E-state index in [9.17, 15) is 17.6 Å². The van der Waals surface area contributed by atoms with Crippen molar-refractivity contribution in [1.82, 2.24) is 4.98 Å². The maximum Gasteiger partial charge on any atom is 0.419 e. The van der Waals surface area contributed by atoms with E-state index in [-0.39, 0.29) is 11.3 Å². The predicted molar refractivity (Wildman–Crippen MR) is 76.0 cm³/mol. The van der Waals surface area contributed by atoms with Crippen molar-refractivity contribution in [3.8, 4) is 5.75 Å². The average Bonchev–Trinajstić information content (AvgIpc) is 2.85. The molecule has 9 heteroatoms. The molecule has 0 spiro atoms. The van der Waals surface area contributed by atoms with Crippen molar-refractivity contribution in [2.75, 3.05) is 12.5 Å². The smallest absolute Gasteiger partial charge is 0.419 e. The van der Waals surface area contributed by atoms with E-state index in [4.69, 9.17) is 4.74 Å². The highest BCUT2D eigenvalue weighted by molar-refractivity contribution is 7.13. The number of thiazole rings is 1. The Morgan fingerprint density at radius 3 is 2.64 bits per heavy atom. The topological polar surface area (TPSA) is 46.5 Å². The van der Waals surface area contributed by atoms with E-state index in [0.29, 0.717) is 11.2 Å². The van der Waals surface area contributed by atoms with Gasteiger partial charge in [-0.1, -0.05) is 0 Å². The van der Waals surface area contributed by atoms with Crippen LogP contribution in [0.15, 0.2) is 22.6 Å². The molecule has 1 aromatic heterocycles. The molecular weight excluding hydrogens is 322 g/mol. The second-order valence-electron chi connectivity index (χ2n) is 4.24. The molecule has 0 bridgehead atoms. The molecule has 0 fully saturated rings. The Labute approximate surface area is 127 Å². The van der Waals surface area contributed by atoms with Gasteiger partial charge in [-0.2, -0.15) is 18.3 Å². The van der Waals surface area contributed by atoms with Gasteiger partial charge in [0.15, 0.2) is 0 Å². The van der Waals surface area contributed by atoms with Gasteiger partial charge in [0.2, 0.25) is 5.13 Å². The maximum atomic E-state index is 13.9. The second kappa shape index (κ2) is 6.30. The molecule has 1 aromatic carbocycles. The van der Waals surface area contributed by atoms with Crippen LogP contribution >= 0.6 is 11.3 Å². The summed E-state index contributed by atoms with van der Waals surface area (Å²) >= 11 is 1.27. The van der Waals surface area contributed by atoms with E-state index in [2.05, 4.69) is 15.5 Å². The Bertz CT molecular complexity index is 697. The summed E-state index contributed by atoms with van der Waals surface area (Å²) in [5.74, 6) is -1.52. The molecule has 1 heterocycles. The summed E-state index contributed by atoms with van der Waals surface area (Å²) in [6.45, 7) is 1.78. The summed E-state index contributed by atoms with van der Waals surface area (Å²) in [6, 6.07) is 1.73. The van der Waals surface area contributed by atoms with Crippen molar-refractivity contribution in [2.24, 2.45) is 5.10 Å². The first-order valence-electron chi connectivity index (χ1n) is 5.97. The fraction of sp³-hybridized carbons (Fsp3) is 0.231. The summed E-state index contributed by atoms with van der Waals surface area (Å²) in [5.41, 5.74) is 1.55. The van der Waals surface area contributed by atoms with Crippen LogP contribution in [0.3, 0.4) is 0 Å². The first-order chi connectivity index (χ1) is 10.3. The molecule has 0 saturated heterocycles. The minimum atomic E-state index is -4.82. The molecule has 0 saturated carbocycles. The number of hydrogen-bond donors (Lipinski definition) is 1. The molecule has 0 amide bonds. The third-order valence-corrected chi connectivity index (χ3v) is 3.46. The van der Waals surface area contributed by atoms with Crippen LogP contribution in [0.2, 0.25) is 0 Å². The summed E-state index contributed by atoms with van der Waals surface area (Å²) in [7, 11) is 1.20. The number of methoxy groups -OCH3 is 1. The highest BCUT2D eigenvalue weighted by atomic mass is 32.1. The highest BCUT2D eigenvalue weighted by Gasteiger charge is 2.35. The monoisotopic (exact) mass is 333 g/mol. The van der Waals surface area contributed by atoms with Crippen LogP contribution in [0.1, 0.15) is 16.8 Å². The number of benzene rings is 1. The van der Waals surface area contributed by atoms with E-state index in [0.717, 1.165) is 18.0 Å². The van der Waals surface area contributed by atoms with Gasteiger partial charge in [0.25, 0.3) is 0 Å². The summed E-state index contributed by atoms with van der Waals surface area (Å²) < 4.78 is 57.0. The Balaban J connectivity index is 2.29. The van der Waals surface area contributed by atoms with Gasteiger partial charge in [0, 0.05) is 10.9 Å². The van der Waals surface area contributed by atoms with Crippen molar-refractivity contribution in [2.45, 2.75) is 13.1 Å². The van der Waals surface area contributed by atoms with Crippen LogP contribution in [-0.2, 0) is 6.18 Å². The summed E-state index contributed by atoms with van der Waals surface area (Å²) in [4.78, 5) is 4.05. The lowest BCUT2D eigenvalue weighted by Crippen LogP contribution is -2.10. The van der Waals surface area contributed by atoms with Crippen LogP contribution in [-0.4, -0.2) is 18.3 Å². The molecule has 0 aliphatic heterocycles. The molecule has 0 aliphatic carbocycles. The fourth-order valence-corrected chi connectivity index (χ4v) is 2.24. The molecule has 0 aliphatic rings. The zero-order valence-corrected chi connectivity index (χ0v) is 12.3. The highest BCUT2D eigenvalue weighted by Crippen LogP contribution is 2.35. The fourth-order valence-electron chi connectivity index (χ4n) is 1.60. The Hall–Kier alpha value is -2.16. The number of hydrazone groups is 1. The molecule has 1 N–H and O–H groups in total. The van der Waals surface area contributed by atoms with Crippen LogP contribution in [0.5, 0.6) is 5.75 Å². The van der Waals surface area contributed by atoms with E-state index in [1.165, 1.54) is 18.4 Å². The number of alkyl halides is 3. The van der Waals surface area contributed by atoms with Gasteiger partial charge in [-0.25, -0.2) is 9.37 Å². The Morgan fingerprint density at radius 1 is 1.36 bits per heavy atom. The normalized spacial score (nSPS) is 11.9. The van der Waals surface area contributed by atoms with Crippen molar-refractivity contribution in [3.05, 3.63) is 40.2 Å². The number of nitrogens with zero attached hydrogens (tertiary/aromatic N) is 2. The zero-order chi connectivity index (χ0) is 16.3. The van der Waals surface area contributed by atoms with Gasteiger partial charge in [0.1, 0.15) is 11.6 Å². The third-order valence-electron chi connectivity index (χ3n) is 2.60. The van der Waals surface area contributed by atoms with Crippen molar-refractivity contribution in [1.29, 1.82) is 0 Å². The average molecular weight is 333 g/mol. The molecule has 22 heavy (non-hydrogen) atoms. The number of nitrogens with one attached hydrogen (secondary N) is 1. The maximum absolute atomic E-state index is 13.9. The van der Waals surface area contributed by atoms with E-state index >= 15 is 0 Å². The van der Waals surface area contributed by atoms with Gasteiger partial charge in [-0.3, -0.25) is 5.43 Å². The number of anilines is 1. The number of halogens is 4. The molecule has 118 valence electrons. The molecule has 0 unspecified atom stereocenters. The quantitative estimate of drug-likeness (QED) is 0.521. The lowest BCUT2D eigenvalue weighted by atomic mass is 10.1. The van der Waals surface area contributed by atoms with E-state index in [1.807, 2.05) is 0 Å². The van der Waals surface area contributed by atoms with Gasteiger partial charge < -0.3 is 4.74 Å². The molecule has 2 rings (SSSR count). The molecule has 2 aromatic rings. The number of aryl methyl sites for hydroxylation is 1. The molecule has 0 atom stereocenters. The van der Waals surface area contributed by atoms with Gasteiger partial charge >= 0.3 is 6.18 Å². The summed E-state index contributed by atoms with van der Waals surface area (Å²) in [5, 5.41) is 5.92. The van der Waals surface area contributed by atoms with Gasteiger partial charge in [0.05, 0.1) is 24.6 Å². The minimum absolute atomic E-state index is 0.111. The molecular formula is C13H11F4N3OS. The van der Waals surface area contributed by atoms with Crippen molar-refractivity contribution >= 4 is 22.7 Å². The Morgan fingerprint density at radius 2 is 2.09 bits per heavy atom. The van der Waals surface area contributed by atoms with Crippen molar-refractivity contribution in [3.63, 3.8) is 0 Å². The zero-order valence-electron chi connectivity index (χ0n) is 11.5. The van der Waals surface area contributed by atoms with E-state index in [1.54, 1.807) is 12.3 Å². The molecule has 0 radical (unpaired) electrons. The van der Waals surface area contributed by atoms with E-state index < -0.39 is 17.6 Å². The first kappa shape index (κ1) is 16.2. The van der Waals surface area contributed by atoms with Crippen LogP contribution in [0.4, 0.5) is 22.7 Å². The lowest BCUT2D eigenvalue weighted by molar-refractivity contribution is -0.140.